The van der Waals surface area contributed by atoms with E-state index in [1.807, 2.05) is 20.8 Å². The van der Waals surface area contributed by atoms with E-state index < -0.39 is 5.97 Å². The molecule has 0 aliphatic heterocycles. The average molecular weight is 330 g/mol. The van der Waals surface area contributed by atoms with Crippen LogP contribution < -0.4 is 9.47 Å². The van der Waals surface area contributed by atoms with Crippen molar-refractivity contribution in [3.8, 4) is 17.2 Å². The third-order valence-corrected chi connectivity index (χ3v) is 4.39. The number of rotatable bonds is 5. The van der Waals surface area contributed by atoms with Crippen molar-refractivity contribution in [3.05, 3.63) is 51.6 Å². The molecule has 128 valence electrons. The molecule has 0 saturated carbocycles. The lowest BCUT2D eigenvalue weighted by Gasteiger charge is -2.20. The first-order chi connectivity index (χ1) is 11.3. The van der Waals surface area contributed by atoms with Crippen LogP contribution in [0.3, 0.4) is 0 Å². The molecule has 2 aromatic carbocycles. The second kappa shape index (κ2) is 6.83. The van der Waals surface area contributed by atoms with Crippen LogP contribution in [-0.2, 0) is 6.42 Å². The molecule has 2 aromatic rings. The summed E-state index contributed by atoms with van der Waals surface area (Å²) in [5.41, 5.74) is 4.58. The zero-order valence-corrected chi connectivity index (χ0v) is 14.6. The van der Waals surface area contributed by atoms with Gasteiger partial charge in [-0.15, -0.1) is 0 Å². The maximum atomic E-state index is 11.2. The smallest absolute Gasteiger partial charge is 0.339 e. The molecule has 0 fully saturated rings. The van der Waals surface area contributed by atoms with Crippen molar-refractivity contribution in [1.82, 2.24) is 0 Å². The van der Waals surface area contributed by atoms with E-state index >= 15 is 0 Å². The van der Waals surface area contributed by atoms with Crippen LogP contribution in [0, 0.1) is 20.8 Å². The predicted octanol–water partition coefficient (Wildman–Crippen LogP) is 3.62. The summed E-state index contributed by atoms with van der Waals surface area (Å²) in [6.07, 6.45) is 0.479. The summed E-state index contributed by atoms with van der Waals surface area (Å²) in [7, 11) is 3.25. The van der Waals surface area contributed by atoms with Gasteiger partial charge in [0.2, 0.25) is 0 Å². The lowest BCUT2D eigenvalue weighted by atomic mass is 9.92. The Morgan fingerprint density at radius 3 is 2.12 bits per heavy atom. The molecule has 0 amide bonds. The van der Waals surface area contributed by atoms with Gasteiger partial charge in [0.1, 0.15) is 22.8 Å². The molecule has 0 heterocycles. The zero-order chi connectivity index (χ0) is 18.0. The summed E-state index contributed by atoms with van der Waals surface area (Å²) in [6, 6.07) is 4.60. The lowest BCUT2D eigenvalue weighted by molar-refractivity contribution is 0.0693. The van der Waals surface area contributed by atoms with Crippen LogP contribution in [0.4, 0.5) is 0 Å². The van der Waals surface area contributed by atoms with Crippen LogP contribution >= 0.6 is 0 Å². The van der Waals surface area contributed by atoms with E-state index in [2.05, 4.69) is 0 Å². The van der Waals surface area contributed by atoms with Crippen LogP contribution in [-0.4, -0.2) is 30.4 Å². The molecule has 0 aromatic heterocycles. The number of hydrogen-bond donors (Lipinski definition) is 2. The second-order valence-corrected chi connectivity index (χ2v) is 5.75. The first-order valence-corrected chi connectivity index (χ1v) is 7.57. The van der Waals surface area contributed by atoms with Crippen LogP contribution in [0.5, 0.6) is 17.2 Å². The Hall–Kier alpha value is -2.69. The number of aromatic hydroxyl groups is 1. The van der Waals surface area contributed by atoms with Crippen molar-refractivity contribution in [2.24, 2.45) is 0 Å². The van der Waals surface area contributed by atoms with Gasteiger partial charge in [-0.05, 0) is 55.2 Å². The zero-order valence-electron chi connectivity index (χ0n) is 14.6. The molecule has 24 heavy (non-hydrogen) atoms. The van der Waals surface area contributed by atoms with Crippen molar-refractivity contribution in [3.63, 3.8) is 0 Å². The van der Waals surface area contributed by atoms with Crippen molar-refractivity contribution in [2.75, 3.05) is 14.2 Å². The lowest BCUT2D eigenvalue weighted by Crippen LogP contribution is -2.05. The highest BCUT2D eigenvalue weighted by Gasteiger charge is 2.19. The molecule has 5 nitrogen and oxygen atoms in total. The molecular weight excluding hydrogens is 308 g/mol. The van der Waals surface area contributed by atoms with Crippen molar-refractivity contribution in [1.29, 1.82) is 0 Å². The van der Waals surface area contributed by atoms with Crippen molar-refractivity contribution < 1.29 is 24.5 Å². The Morgan fingerprint density at radius 2 is 1.58 bits per heavy atom. The Labute approximate surface area is 141 Å². The molecule has 0 unspecified atom stereocenters. The third kappa shape index (κ3) is 3.02. The fourth-order valence-electron chi connectivity index (χ4n) is 3.02. The highest BCUT2D eigenvalue weighted by Crippen LogP contribution is 2.38. The number of benzene rings is 2. The number of carboxylic acids is 1. The van der Waals surface area contributed by atoms with E-state index in [0.29, 0.717) is 6.42 Å². The van der Waals surface area contributed by atoms with Gasteiger partial charge in [0.15, 0.2) is 0 Å². The summed E-state index contributed by atoms with van der Waals surface area (Å²) < 4.78 is 11.1. The Kier molecular flexibility index (Phi) is 5.02. The minimum Gasteiger partial charge on any atom is -0.507 e. The Bertz CT molecular complexity index is 793. The van der Waals surface area contributed by atoms with Crippen molar-refractivity contribution in [2.45, 2.75) is 27.2 Å². The summed E-state index contributed by atoms with van der Waals surface area (Å²) in [5.74, 6) is 0.180. The first-order valence-electron chi connectivity index (χ1n) is 7.57. The quantitative estimate of drug-likeness (QED) is 0.875. The van der Waals surface area contributed by atoms with Gasteiger partial charge >= 0.3 is 5.97 Å². The third-order valence-electron chi connectivity index (χ3n) is 4.39. The van der Waals surface area contributed by atoms with Crippen LogP contribution in [0.15, 0.2) is 18.2 Å². The van der Waals surface area contributed by atoms with Crippen LogP contribution in [0.1, 0.15) is 38.2 Å². The van der Waals surface area contributed by atoms with Gasteiger partial charge in [-0.2, -0.15) is 0 Å². The number of phenols is 1. The minimum atomic E-state index is -1.16. The summed E-state index contributed by atoms with van der Waals surface area (Å²) in [6.45, 7) is 5.91. The van der Waals surface area contributed by atoms with E-state index in [9.17, 15) is 9.90 Å². The minimum absolute atomic E-state index is 0.111. The Balaban J connectivity index is 2.60. The maximum absolute atomic E-state index is 11.2. The first kappa shape index (κ1) is 17.7. The van der Waals surface area contributed by atoms with E-state index in [1.54, 1.807) is 20.3 Å². The van der Waals surface area contributed by atoms with Gasteiger partial charge in [0, 0.05) is 12.0 Å². The van der Waals surface area contributed by atoms with Gasteiger partial charge in [-0.1, -0.05) is 6.07 Å². The summed E-state index contributed by atoms with van der Waals surface area (Å²) >= 11 is 0. The fraction of sp³-hybridized carbons (Fsp3) is 0.316. The normalized spacial score (nSPS) is 10.5. The molecule has 0 spiro atoms. The van der Waals surface area contributed by atoms with Crippen LogP contribution in [0.2, 0.25) is 0 Å². The monoisotopic (exact) mass is 330 g/mol. The van der Waals surface area contributed by atoms with E-state index in [4.69, 9.17) is 14.6 Å². The number of carbonyl (C=O) groups is 1. The molecule has 5 heteroatoms. The molecule has 2 rings (SSSR count). The van der Waals surface area contributed by atoms with E-state index in [1.165, 1.54) is 12.1 Å². The molecule has 0 aliphatic carbocycles. The fourth-order valence-corrected chi connectivity index (χ4v) is 3.02. The summed E-state index contributed by atoms with van der Waals surface area (Å²) in [5, 5.41) is 18.8. The van der Waals surface area contributed by atoms with Gasteiger partial charge in [0.25, 0.3) is 0 Å². The Morgan fingerprint density at radius 1 is 1.00 bits per heavy atom. The van der Waals surface area contributed by atoms with Gasteiger partial charge in [-0.3, -0.25) is 0 Å². The molecule has 2 N–H and O–H groups in total. The van der Waals surface area contributed by atoms with E-state index in [-0.39, 0.29) is 11.3 Å². The maximum Gasteiger partial charge on any atom is 0.339 e. The number of carboxylic acid groups (broad SMARTS) is 1. The van der Waals surface area contributed by atoms with E-state index in [0.717, 1.165) is 39.3 Å². The van der Waals surface area contributed by atoms with Crippen LogP contribution in [0.25, 0.3) is 0 Å². The predicted molar refractivity (Wildman–Crippen MR) is 91.6 cm³/mol. The topological polar surface area (TPSA) is 76.0 Å². The van der Waals surface area contributed by atoms with Crippen molar-refractivity contribution >= 4 is 5.97 Å². The average Bonchev–Trinajstić information content (AvgIpc) is 2.54. The highest BCUT2D eigenvalue weighted by atomic mass is 16.5. The van der Waals surface area contributed by atoms with Gasteiger partial charge in [0.05, 0.1) is 14.2 Å². The number of aromatic carboxylic acids is 1. The van der Waals surface area contributed by atoms with Gasteiger partial charge in [-0.25, -0.2) is 4.79 Å². The number of ether oxygens (including phenoxy) is 2. The number of methoxy groups -OCH3 is 2. The molecule has 0 saturated heterocycles. The largest absolute Gasteiger partial charge is 0.507 e. The molecular formula is C19H22O5. The molecule has 0 aliphatic rings. The number of hydrogen-bond acceptors (Lipinski definition) is 4. The molecule has 0 atom stereocenters. The standard InChI is InChI=1S/C19H22O5/c1-10-11(2)18(24-5)14(12(3)17(10)23-4)8-13-6-7-16(20)15(9-13)19(21)22/h6-7,9,20H,8H2,1-5H3,(H,21,22). The van der Waals surface area contributed by atoms with Gasteiger partial charge < -0.3 is 19.7 Å². The second-order valence-electron chi connectivity index (χ2n) is 5.75. The summed E-state index contributed by atoms with van der Waals surface area (Å²) in [4.78, 5) is 11.2. The molecule has 0 radical (unpaired) electrons. The molecule has 0 bridgehead atoms. The highest BCUT2D eigenvalue weighted by molar-refractivity contribution is 5.91. The SMILES string of the molecule is COc1c(C)c(C)c(OC)c(Cc2ccc(O)c(C(=O)O)c2)c1C.